The van der Waals surface area contributed by atoms with Gasteiger partial charge in [0.15, 0.2) is 0 Å². The fourth-order valence-corrected chi connectivity index (χ4v) is 2.36. The first-order valence-electron chi connectivity index (χ1n) is 6.80. The Morgan fingerprint density at radius 3 is 2.41 bits per heavy atom. The van der Waals surface area contributed by atoms with E-state index in [2.05, 4.69) is 15.8 Å². The zero-order valence-electron chi connectivity index (χ0n) is 12.2. The van der Waals surface area contributed by atoms with Crippen LogP contribution >= 0.6 is 0 Å². The second-order valence-electron chi connectivity index (χ2n) is 4.98. The molecule has 0 atom stereocenters. The first-order valence-corrected chi connectivity index (χ1v) is 6.80. The standard InChI is InChI=1S/C16H15N3O3/c1-9-7-12(10(2)22-9)15(20)18-19-16(21)13-8-17-14-6-4-3-5-11(13)14/h3-8,17H,1-2H3,(H,18,20)(H,19,21). The molecule has 1 aromatic carbocycles. The number of benzene rings is 1. The third-order valence-electron chi connectivity index (χ3n) is 3.41. The molecule has 0 aliphatic carbocycles. The molecule has 0 radical (unpaired) electrons. The largest absolute Gasteiger partial charge is 0.466 e. The molecule has 0 aliphatic heterocycles. The highest BCUT2D eigenvalue weighted by Gasteiger charge is 2.16. The van der Waals surface area contributed by atoms with E-state index in [0.29, 0.717) is 22.6 Å². The summed E-state index contributed by atoms with van der Waals surface area (Å²) in [6.45, 7) is 3.46. The molecule has 0 unspecified atom stereocenters. The number of hydrazine groups is 1. The van der Waals surface area contributed by atoms with Gasteiger partial charge in [0.2, 0.25) is 0 Å². The minimum Gasteiger partial charge on any atom is -0.466 e. The van der Waals surface area contributed by atoms with E-state index in [1.54, 1.807) is 26.1 Å². The number of fused-ring (bicyclic) bond motifs is 1. The van der Waals surface area contributed by atoms with Gasteiger partial charge in [-0.15, -0.1) is 0 Å². The topological polar surface area (TPSA) is 87.1 Å². The van der Waals surface area contributed by atoms with E-state index < -0.39 is 5.91 Å². The second-order valence-corrected chi connectivity index (χ2v) is 4.98. The smallest absolute Gasteiger partial charge is 0.273 e. The van der Waals surface area contributed by atoms with Crippen LogP contribution in [0.25, 0.3) is 10.9 Å². The van der Waals surface area contributed by atoms with E-state index in [4.69, 9.17) is 4.42 Å². The molecule has 0 bridgehead atoms. The Hall–Kier alpha value is -3.02. The quantitative estimate of drug-likeness (QED) is 0.635. The second kappa shape index (κ2) is 5.40. The third-order valence-corrected chi connectivity index (χ3v) is 3.41. The molecular weight excluding hydrogens is 282 g/mol. The van der Waals surface area contributed by atoms with Crippen LogP contribution in [0.1, 0.15) is 32.2 Å². The molecule has 0 aliphatic rings. The zero-order valence-corrected chi connectivity index (χ0v) is 12.2. The SMILES string of the molecule is Cc1cc(C(=O)NNC(=O)c2c[nH]c3ccccc23)c(C)o1. The van der Waals surface area contributed by atoms with Gasteiger partial charge >= 0.3 is 0 Å². The molecule has 0 spiro atoms. The molecule has 2 aromatic heterocycles. The molecule has 2 amide bonds. The van der Waals surface area contributed by atoms with Crippen molar-refractivity contribution in [3.05, 3.63) is 59.2 Å². The van der Waals surface area contributed by atoms with Crippen LogP contribution in [-0.4, -0.2) is 16.8 Å². The van der Waals surface area contributed by atoms with Crippen molar-refractivity contribution in [2.45, 2.75) is 13.8 Å². The van der Waals surface area contributed by atoms with Gasteiger partial charge in [-0.25, -0.2) is 0 Å². The van der Waals surface area contributed by atoms with Crippen LogP contribution in [0.2, 0.25) is 0 Å². The number of carbonyl (C=O) groups is 2. The number of furan rings is 1. The van der Waals surface area contributed by atoms with Gasteiger partial charge in [0, 0.05) is 17.1 Å². The average molecular weight is 297 g/mol. The number of amides is 2. The van der Waals surface area contributed by atoms with E-state index in [-0.39, 0.29) is 5.91 Å². The zero-order chi connectivity index (χ0) is 15.7. The van der Waals surface area contributed by atoms with Crippen molar-refractivity contribution in [3.8, 4) is 0 Å². The van der Waals surface area contributed by atoms with Gasteiger partial charge in [-0.1, -0.05) is 18.2 Å². The van der Waals surface area contributed by atoms with Crippen LogP contribution in [0.4, 0.5) is 0 Å². The number of para-hydroxylation sites is 1. The lowest BCUT2D eigenvalue weighted by atomic mass is 10.2. The molecule has 6 heteroatoms. The fraction of sp³-hybridized carbons (Fsp3) is 0.125. The highest BCUT2D eigenvalue weighted by Crippen LogP contribution is 2.17. The molecule has 0 saturated carbocycles. The number of rotatable bonds is 2. The molecule has 0 saturated heterocycles. The van der Waals surface area contributed by atoms with Gasteiger partial charge in [0.25, 0.3) is 11.8 Å². The van der Waals surface area contributed by atoms with E-state index in [1.165, 1.54) is 0 Å². The van der Waals surface area contributed by atoms with Gasteiger partial charge in [0.05, 0.1) is 11.1 Å². The summed E-state index contributed by atoms with van der Waals surface area (Å²) in [6, 6.07) is 9.08. The highest BCUT2D eigenvalue weighted by atomic mass is 16.3. The summed E-state index contributed by atoms with van der Waals surface area (Å²) in [5.41, 5.74) is 6.53. The summed E-state index contributed by atoms with van der Waals surface area (Å²) in [5, 5.41) is 0.796. The Bertz CT molecular complexity index is 861. The molecule has 3 rings (SSSR count). The number of H-pyrrole nitrogens is 1. The van der Waals surface area contributed by atoms with Gasteiger partial charge in [-0.3, -0.25) is 20.4 Å². The maximum atomic E-state index is 12.2. The summed E-state index contributed by atoms with van der Waals surface area (Å²) >= 11 is 0. The lowest BCUT2D eigenvalue weighted by Crippen LogP contribution is -2.41. The number of aromatic amines is 1. The number of hydrogen-bond donors (Lipinski definition) is 3. The molecule has 3 aromatic rings. The van der Waals surface area contributed by atoms with Crippen molar-refractivity contribution in [3.63, 3.8) is 0 Å². The normalized spacial score (nSPS) is 10.6. The van der Waals surface area contributed by atoms with Gasteiger partial charge in [-0.05, 0) is 26.0 Å². The molecule has 2 heterocycles. The average Bonchev–Trinajstić information content (AvgIpc) is 3.07. The number of aromatic nitrogens is 1. The number of nitrogens with one attached hydrogen (secondary N) is 3. The Morgan fingerprint density at radius 2 is 1.73 bits per heavy atom. The Kier molecular flexibility index (Phi) is 3.42. The first kappa shape index (κ1) is 13.9. The Labute approximate surface area is 126 Å². The maximum Gasteiger partial charge on any atom is 0.273 e. The van der Waals surface area contributed by atoms with Crippen molar-refractivity contribution in [2.24, 2.45) is 0 Å². The van der Waals surface area contributed by atoms with Crippen molar-refractivity contribution in [2.75, 3.05) is 0 Å². The third kappa shape index (κ3) is 2.46. The Morgan fingerprint density at radius 1 is 1.05 bits per heavy atom. The fourth-order valence-electron chi connectivity index (χ4n) is 2.36. The minimum atomic E-state index is -0.414. The summed E-state index contributed by atoms with van der Waals surface area (Å²) in [6.07, 6.45) is 1.61. The van der Waals surface area contributed by atoms with Crippen LogP contribution in [0.3, 0.4) is 0 Å². The lowest BCUT2D eigenvalue weighted by molar-refractivity contribution is 0.0846. The van der Waals surface area contributed by atoms with Crippen LogP contribution in [0.15, 0.2) is 40.9 Å². The van der Waals surface area contributed by atoms with E-state index in [0.717, 1.165) is 10.9 Å². The van der Waals surface area contributed by atoms with Crippen molar-refractivity contribution in [1.29, 1.82) is 0 Å². The summed E-state index contributed by atoms with van der Waals surface area (Å²) in [4.78, 5) is 27.2. The number of carbonyl (C=O) groups excluding carboxylic acids is 2. The van der Waals surface area contributed by atoms with Crippen molar-refractivity contribution < 1.29 is 14.0 Å². The van der Waals surface area contributed by atoms with Crippen LogP contribution in [-0.2, 0) is 0 Å². The minimum absolute atomic E-state index is 0.385. The molecule has 112 valence electrons. The molecule has 22 heavy (non-hydrogen) atoms. The molecule has 3 N–H and O–H groups in total. The van der Waals surface area contributed by atoms with Crippen LogP contribution in [0, 0.1) is 13.8 Å². The highest BCUT2D eigenvalue weighted by molar-refractivity contribution is 6.07. The predicted octanol–water partition coefficient (Wildman–Crippen LogP) is 2.45. The number of hydrogen-bond acceptors (Lipinski definition) is 3. The van der Waals surface area contributed by atoms with Gasteiger partial charge in [-0.2, -0.15) is 0 Å². The van der Waals surface area contributed by atoms with Crippen LogP contribution in [0.5, 0.6) is 0 Å². The van der Waals surface area contributed by atoms with Crippen molar-refractivity contribution >= 4 is 22.7 Å². The molecular formula is C16H15N3O3. The van der Waals surface area contributed by atoms with E-state index >= 15 is 0 Å². The van der Waals surface area contributed by atoms with Crippen LogP contribution < -0.4 is 10.9 Å². The predicted molar refractivity (Wildman–Crippen MR) is 81.4 cm³/mol. The monoisotopic (exact) mass is 297 g/mol. The number of aryl methyl sites for hydroxylation is 2. The van der Waals surface area contributed by atoms with E-state index in [9.17, 15) is 9.59 Å². The van der Waals surface area contributed by atoms with Crippen molar-refractivity contribution in [1.82, 2.24) is 15.8 Å². The summed E-state index contributed by atoms with van der Waals surface area (Å²) < 4.78 is 5.29. The summed E-state index contributed by atoms with van der Waals surface area (Å²) in [7, 11) is 0. The van der Waals surface area contributed by atoms with Gasteiger partial charge < -0.3 is 9.40 Å². The molecule has 6 nitrogen and oxygen atoms in total. The van der Waals surface area contributed by atoms with Gasteiger partial charge in [0.1, 0.15) is 11.5 Å². The summed E-state index contributed by atoms with van der Waals surface area (Å²) in [5.74, 6) is 0.355. The molecule has 0 fully saturated rings. The maximum absolute atomic E-state index is 12.2. The Balaban J connectivity index is 1.72. The lowest BCUT2D eigenvalue weighted by Gasteiger charge is -2.06. The first-order chi connectivity index (χ1) is 10.6. The van der Waals surface area contributed by atoms with E-state index in [1.807, 2.05) is 24.3 Å².